The van der Waals surface area contributed by atoms with Gasteiger partial charge in [0.2, 0.25) is 0 Å². The molecule has 0 aliphatic heterocycles. The molecule has 0 saturated heterocycles. The van der Waals surface area contributed by atoms with Crippen molar-refractivity contribution in [1.82, 2.24) is 15.0 Å². The van der Waals surface area contributed by atoms with Gasteiger partial charge in [-0.25, -0.2) is 4.68 Å². The van der Waals surface area contributed by atoms with Crippen LogP contribution in [0.5, 0.6) is 0 Å². The van der Waals surface area contributed by atoms with Gasteiger partial charge in [0, 0.05) is 18.5 Å². The molecule has 6 heteroatoms. The molecule has 1 heterocycles. The van der Waals surface area contributed by atoms with E-state index in [4.69, 9.17) is 0 Å². The molecule has 1 aromatic heterocycles. The van der Waals surface area contributed by atoms with Gasteiger partial charge in [-0.05, 0) is 62.1 Å². The summed E-state index contributed by atoms with van der Waals surface area (Å²) in [5, 5.41) is 18.2. The number of benzene rings is 2. The van der Waals surface area contributed by atoms with Gasteiger partial charge in [-0.1, -0.05) is 23.4 Å². The highest BCUT2D eigenvalue weighted by Crippen LogP contribution is 2.43. The first kappa shape index (κ1) is 18.8. The molecule has 0 aliphatic rings. The van der Waals surface area contributed by atoms with E-state index in [0.29, 0.717) is 5.56 Å². The summed E-state index contributed by atoms with van der Waals surface area (Å²) in [6.07, 6.45) is 0.808. The number of aryl methyl sites for hydroxylation is 3. The van der Waals surface area contributed by atoms with Gasteiger partial charge in [-0.3, -0.25) is 9.59 Å². The largest absolute Gasteiger partial charge is 0.481 e. The molecule has 3 aromatic rings. The van der Waals surface area contributed by atoms with E-state index in [1.54, 1.807) is 24.6 Å². The first-order valence-corrected chi connectivity index (χ1v) is 8.76. The Morgan fingerprint density at radius 1 is 1.22 bits per heavy atom. The third kappa shape index (κ3) is 3.01. The van der Waals surface area contributed by atoms with Crippen molar-refractivity contribution in [2.24, 2.45) is 12.5 Å². The van der Waals surface area contributed by atoms with Crippen molar-refractivity contribution in [3.63, 3.8) is 0 Å². The van der Waals surface area contributed by atoms with E-state index in [2.05, 4.69) is 10.3 Å². The second kappa shape index (κ2) is 6.61. The molecule has 140 valence electrons. The molecule has 2 aromatic carbocycles. The number of carbonyl (C=O) groups excluding carboxylic acids is 1. The number of aldehydes is 1. The minimum absolute atomic E-state index is 0.444. The Morgan fingerprint density at radius 2 is 1.93 bits per heavy atom. The fourth-order valence-corrected chi connectivity index (χ4v) is 3.64. The molecule has 0 saturated carbocycles. The van der Waals surface area contributed by atoms with E-state index in [-0.39, 0.29) is 0 Å². The summed E-state index contributed by atoms with van der Waals surface area (Å²) >= 11 is 0. The molecule has 0 radical (unpaired) electrons. The summed E-state index contributed by atoms with van der Waals surface area (Å²) in [5.74, 6) is -1.35. The Morgan fingerprint density at radius 3 is 2.56 bits per heavy atom. The first-order chi connectivity index (χ1) is 12.7. The van der Waals surface area contributed by atoms with Crippen molar-refractivity contribution in [2.45, 2.75) is 33.6 Å². The van der Waals surface area contributed by atoms with Crippen LogP contribution in [0, 0.1) is 19.3 Å². The summed E-state index contributed by atoms with van der Waals surface area (Å²) in [4.78, 5) is 23.5. The number of aliphatic carboxylic acids is 1. The minimum atomic E-state index is -1.09. The molecule has 1 atom stereocenters. The van der Waals surface area contributed by atoms with E-state index >= 15 is 0 Å². The zero-order valence-corrected chi connectivity index (χ0v) is 16.1. The van der Waals surface area contributed by atoms with Crippen molar-refractivity contribution < 1.29 is 14.7 Å². The Balaban J connectivity index is 2.30. The normalized spacial score (nSPS) is 12.9. The third-order valence-electron chi connectivity index (χ3n) is 5.43. The Labute approximate surface area is 157 Å². The fraction of sp³-hybridized carbons (Fsp3) is 0.333. The number of fused-ring (bicyclic) bond motifs is 1. The van der Waals surface area contributed by atoms with Gasteiger partial charge in [0.15, 0.2) is 0 Å². The maximum absolute atomic E-state index is 12.1. The quantitative estimate of drug-likeness (QED) is 0.698. The van der Waals surface area contributed by atoms with Gasteiger partial charge >= 0.3 is 5.97 Å². The Bertz CT molecular complexity index is 1050. The third-order valence-corrected chi connectivity index (χ3v) is 5.43. The summed E-state index contributed by atoms with van der Waals surface area (Å²) < 4.78 is 1.69. The molecule has 0 aliphatic carbocycles. The molecule has 0 fully saturated rings. The molecule has 27 heavy (non-hydrogen) atoms. The van der Waals surface area contributed by atoms with Gasteiger partial charge in [-0.2, -0.15) is 0 Å². The van der Waals surface area contributed by atoms with E-state index in [1.807, 2.05) is 45.2 Å². The molecular formula is C21H23N3O3. The number of nitrogens with zero attached hydrogens (tertiary/aromatic N) is 3. The average molecular weight is 365 g/mol. The zero-order chi connectivity index (χ0) is 19.9. The van der Waals surface area contributed by atoms with Crippen molar-refractivity contribution in [3.05, 3.63) is 58.1 Å². The van der Waals surface area contributed by atoms with Gasteiger partial charge < -0.3 is 5.11 Å². The highest BCUT2D eigenvalue weighted by atomic mass is 16.4. The van der Waals surface area contributed by atoms with Crippen molar-refractivity contribution in [3.8, 4) is 0 Å². The van der Waals surface area contributed by atoms with Crippen LogP contribution < -0.4 is 0 Å². The van der Waals surface area contributed by atoms with Crippen LogP contribution in [0.1, 0.15) is 52.4 Å². The number of carbonyl (C=O) groups is 2. The van der Waals surface area contributed by atoms with Crippen LogP contribution >= 0.6 is 0 Å². The molecule has 0 spiro atoms. The van der Waals surface area contributed by atoms with Gasteiger partial charge in [0.1, 0.15) is 11.8 Å². The number of carboxylic acids is 1. The standard InChI is InChI=1S/C21H23N3O3/c1-12-6-7-14(10-15(12)11-25)18(21(3,4)20(26)27)16-8-9-17-19(13(16)2)22-23-24(17)5/h6-11,18H,1-5H3,(H,26,27). The first-order valence-electron chi connectivity index (χ1n) is 8.76. The lowest BCUT2D eigenvalue weighted by molar-refractivity contribution is -0.147. The molecular weight excluding hydrogens is 342 g/mol. The predicted octanol–water partition coefficient (Wildman–Crippen LogP) is 3.64. The fourth-order valence-electron chi connectivity index (χ4n) is 3.64. The van der Waals surface area contributed by atoms with Crippen LogP contribution in [0.15, 0.2) is 30.3 Å². The van der Waals surface area contributed by atoms with Crippen LogP contribution in [-0.2, 0) is 11.8 Å². The number of hydrogen-bond acceptors (Lipinski definition) is 4. The van der Waals surface area contributed by atoms with E-state index in [9.17, 15) is 14.7 Å². The van der Waals surface area contributed by atoms with Crippen LogP contribution in [0.3, 0.4) is 0 Å². The maximum Gasteiger partial charge on any atom is 0.310 e. The van der Waals surface area contributed by atoms with Crippen molar-refractivity contribution in [2.75, 3.05) is 0 Å². The average Bonchev–Trinajstić information content (AvgIpc) is 3.00. The summed E-state index contributed by atoms with van der Waals surface area (Å²) in [6, 6.07) is 9.41. The molecule has 0 amide bonds. The molecule has 6 nitrogen and oxygen atoms in total. The van der Waals surface area contributed by atoms with Crippen LogP contribution in [0.2, 0.25) is 0 Å². The number of carboxylic acid groups (broad SMARTS) is 1. The monoisotopic (exact) mass is 365 g/mol. The second-order valence-electron chi connectivity index (χ2n) is 7.55. The van der Waals surface area contributed by atoms with E-state index in [0.717, 1.165) is 39.6 Å². The van der Waals surface area contributed by atoms with Gasteiger partial charge in [-0.15, -0.1) is 5.10 Å². The van der Waals surface area contributed by atoms with Crippen molar-refractivity contribution >= 4 is 23.3 Å². The van der Waals surface area contributed by atoms with Crippen molar-refractivity contribution in [1.29, 1.82) is 0 Å². The second-order valence-corrected chi connectivity index (χ2v) is 7.55. The Kier molecular flexibility index (Phi) is 4.59. The molecule has 0 bridgehead atoms. The summed E-state index contributed by atoms with van der Waals surface area (Å²) in [7, 11) is 1.82. The van der Waals surface area contributed by atoms with Crippen LogP contribution in [-0.4, -0.2) is 32.4 Å². The van der Waals surface area contributed by atoms with Gasteiger partial charge in [0.05, 0.1) is 10.9 Å². The highest BCUT2D eigenvalue weighted by molar-refractivity contribution is 5.82. The molecule has 3 rings (SSSR count). The van der Waals surface area contributed by atoms with E-state index < -0.39 is 17.3 Å². The Hall–Kier alpha value is -3.02. The lowest BCUT2D eigenvalue weighted by Gasteiger charge is -2.32. The zero-order valence-electron chi connectivity index (χ0n) is 16.1. The highest BCUT2D eigenvalue weighted by Gasteiger charge is 2.40. The number of hydrogen-bond donors (Lipinski definition) is 1. The van der Waals surface area contributed by atoms with E-state index in [1.165, 1.54) is 0 Å². The summed E-state index contributed by atoms with van der Waals surface area (Å²) in [5.41, 5.74) is 4.55. The molecule has 1 unspecified atom stereocenters. The maximum atomic E-state index is 12.1. The summed E-state index contributed by atoms with van der Waals surface area (Å²) in [6.45, 7) is 7.22. The number of aromatic nitrogens is 3. The minimum Gasteiger partial charge on any atom is -0.481 e. The lowest BCUT2D eigenvalue weighted by atomic mass is 9.70. The van der Waals surface area contributed by atoms with Gasteiger partial charge in [0.25, 0.3) is 0 Å². The predicted molar refractivity (Wildman–Crippen MR) is 103 cm³/mol. The number of rotatable bonds is 5. The molecule has 1 N–H and O–H groups in total. The van der Waals surface area contributed by atoms with Crippen LogP contribution in [0.25, 0.3) is 11.0 Å². The topological polar surface area (TPSA) is 85.1 Å². The smallest absolute Gasteiger partial charge is 0.310 e. The lowest BCUT2D eigenvalue weighted by Crippen LogP contribution is -2.32. The SMILES string of the molecule is Cc1ccc(C(c2ccc3c(nnn3C)c2C)C(C)(C)C(=O)O)cc1C=O. The van der Waals surface area contributed by atoms with Crippen LogP contribution in [0.4, 0.5) is 0 Å².